The fraction of sp³-hybridized carbons (Fsp3) is 0.714. The van der Waals surface area contributed by atoms with Crippen molar-refractivity contribution in [3.8, 4) is 0 Å². The fourth-order valence-electron chi connectivity index (χ4n) is 2.51. The molecule has 0 N–H and O–H groups in total. The molecule has 2 heterocycles. The normalized spacial score (nSPS) is 22.6. The Labute approximate surface area is 123 Å². The minimum atomic E-state index is -0.151. The van der Waals surface area contributed by atoms with E-state index in [1.54, 1.807) is 0 Å². The van der Waals surface area contributed by atoms with Crippen LogP contribution in [-0.2, 0) is 11.2 Å². The first-order valence-corrected chi connectivity index (χ1v) is 7.89. The van der Waals surface area contributed by atoms with Crippen LogP contribution >= 0.6 is 15.9 Å². The Hall–Kier alpha value is -0.680. The average Bonchev–Trinajstić information content (AvgIpc) is 2.36. The van der Waals surface area contributed by atoms with Crippen molar-refractivity contribution >= 4 is 21.7 Å². The van der Waals surface area contributed by atoms with Gasteiger partial charge < -0.3 is 9.64 Å². The predicted octanol–water partition coefficient (Wildman–Crippen LogP) is 2.73. The zero-order valence-corrected chi connectivity index (χ0v) is 13.7. The van der Waals surface area contributed by atoms with Gasteiger partial charge in [0.1, 0.15) is 11.6 Å². The Kier molecular flexibility index (Phi) is 4.46. The molecular formula is C14H22BrN3O. The monoisotopic (exact) mass is 327 g/mol. The third-order valence-electron chi connectivity index (χ3n) is 3.22. The van der Waals surface area contributed by atoms with E-state index < -0.39 is 0 Å². The molecule has 0 radical (unpaired) electrons. The standard InChI is InChI=1S/C14H22BrN3O/c1-5-11-6-13(17-10(2)16-11)18-8-12(7-15)19-14(3,4)9-18/h6,12H,5,7-9H2,1-4H3. The Morgan fingerprint density at radius 1 is 1.47 bits per heavy atom. The van der Waals surface area contributed by atoms with Gasteiger partial charge >= 0.3 is 0 Å². The maximum Gasteiger partial charge on any atom is 0.132 e. The number of hydrogen-bond donors (Lipinski definition) is 0. The molecule has 5 heteroatoms. The van der Waals surface area contributed by atoms with E-state index in [0.717, 1.165) is 42.2 Å². The topological polar surface area (TPSA) is 38.2 Å². The number of morpholine rings is 1. The molecule has 0 spiro atoms. The molecular weight excluding hydrogens is 306 g/mol. The van der Waals surface area contributed by atoms with Gasteiger partial charge in [-0.2, -0.15) is 0 Å². The maximum absolute atomic E-state index is 6.03. The molecule has 0 saturated carbocycles. The second-order valence-electron chi connectivity index (χ2n) is 5.65. The van der Waals surface area contributed by atoms with Crippen LogP contribution in [0.5, 0.6) is 0 Å². The molecule has 1 aliphatic rings. The van der Waals surface area contributed by atoms with Crippen LogP contribution in [-0.4, -0.2) is 40.1 Å². The highest BCUT2D eigenvalue weighted by Crippen LogP contribution is 2.26. The molecule has 1 aromatic rings. The third-order valence-corrected chi connectivity index (χ3v) is 3.94. The molecule has 1 atom stereocenters. The summed E-state index contributed by atoms with van der Waals surface area (Å²) in [5, 5.41) is 0.845. The van der Waals surface area contributed by atoms with E-state index in [2.05, 4.69) is 57.6 Å². The Balaban J connectivity index is 2.27. The van der Waals surface area contributed by atoms with E-state index in [1.807, 2.05) is 6.92 Å². The fourth-order valence-corrected chi connectivity index (χ4v) is 2.84. The lowest BCUT2D eigenvalue weighted by molar-refractivity contribution is -0.0726. The molecule has 106 valence electrons. The van der Waals surface area contributed by atoms with Crippen LogP contribution in [0.25, 0.3) is 0 Å². The molecule has 1 aromatic heterocycles. The zero-order valence-electron chi connectivity index (χ0n) is 12.1. The highest BCUT2D eigenvalue weighted by Gasteiger charge is 2.33. The lowest BCUT2D eigenvalue weighted by Crippen LogP contribution is -2.53. The van der Waals surface area contributed by atoms with E-state index in [9.17, 15) is 0 Å². The quantitative estimate of drug-likeness (QED) is 0.800. The third kappa shape index (κ3) is 3.66. The van der Waals surface area contributed by atoms with Crippen LogP contribution in [0.1, 0.15) is 32.3 Å². The van der Waals surface area contributed by atoms with Crippen LogP contribution in [0.2, 0.25) is 0 Å². The van der Waals surface area contributed by atoms with Gasteiger partial charge in [0, 0.05) is 30.2 Å². The average molecular weight is 328 g/mol. The number of alkyl halides is 1. The molecule has 0 aliphatic carbocycles. The minimum Gasteiger partial charge on any atom is -0.368 e. The van der Waals surface area contributed by atoms with Crippen molar-refractivity contribution in [1.82, 2.24) is 9.97 Å². The molecule has 1 saturated heterocycles. The summed E-state index contributed by atoms with van der Waals surface area (Å²) in [6.07, 6.45) is 1.13. The van der Waals surface area contributed by atoms with Crippen molar-refractivity contribution in [2.75, 3.05) is 23.3 Å². The summed E-state index contributed by atoms with van der Waals surface area (Å²) in [5.41, 5.74) is 0.948. The van der Waals surface area contributed by atoms with Crippen LogP contribution in [0.4, 0.5) is 5.82 Å². The summed E-state index contributed by atoms with van der Waals surface area (Å²) in [6.45, 7) is 10.1. The highest BCUT2D eigenvalue weighted by atomic mass is 79.9. The van der Waals surface area contributed by atoms with Gasteiger partial charge in [0.15, 0.2) is 0 Å². The van der Waals surface area contributed by atoms with Crippen LogP contribution in [0.15, 0.2) is 6.07 Å². The van der Waals surface area contributed by atoms with Gasteiger partial charge in [0.2, 0.25) is 0 Å². The summed E-state index contributed by atoms with van der Waals surface area (Å²) < 4.78 is 6.03. The summed E-state index contributed by atoms with van der Waals surface area (Å²) in [5.74, 6) is 1.86. The van der Waals surface area contributed by atoms with E-state index in [1.165, 1.54) is 0 Å². The summed E-state index contributed by atoms with van der Waals surface area (Å²) in [6, 6.07) is 2.10. The molecule has 1 aliphatic heterocycles. The van der Waals surface area contributed by atoms with Gasteiger partial charge in [0.05, 0.1) is 11.7 Å². The van der Waals surface area contributed by atoms with Gasteiger partial charge in [-0.05, 0) is 27.2 Å². The van der Waals surface area contributed by atoms with Crippen LogP contribution in [0.3, 0.4) is 0 Å². The molecule has 2 rings (SSSR count). The number of nitrogens with zero attached hydrogens (tertiary/aromatic N) is 3. The number of aromatic nitrogens is 2. The molecule has 4 nitrogen and oxygen atoms in total. The number of ether oxygens (including phenoxy) is 1. The van der Waals surface area contributed by atoms with Crippen molar-refractivity contribution in [3.63, 3.8) is 0 Å². The lowest BCUT2D eigenvalue weighted by Gasteiger charge is -2.43. The number of halogens is 1. The SMILES string of the molecule is CCc1cc(N2CC(CBr)OC(C)(C)C2)nc(C)n1. The first-order chi connectivity index (χ1) is 8.93. The van der Waals surface area contributed by atoms with Gasteiger partial charge in [-0.15, -0.1) is 0 Å². The van der Waals surface area contributed by atoms with Crippen molar-refractivity contribution < 1.29 is 4.74 Å². The number of rotatable bonds is 3. The van der Waals surface area contributed by atoms with Gasteiger partial charge in [-0.25, -0.2) is 9.97 Å². The Morgan fingerprint density at radius 3 is 2.84 bits per heavy atom. The Morgan fingerprint density at radius 2 is 2.21 bits per heavy atom. The predicted molar refractivity (Wildman–Crippen MR) is 81.1 cm³/mol. The summed E-state index contributed by atoms with van der Waals surface area (Å²) in [4.78, 5) is 11.3. The maximum atomic E-state index is 6.03. The molecule has 19 heavy (non-hydrogen) atoms. The second-order valence-corrected chi connectivity index (χ2v) is 6.30. The van der Waals surface area contributed by atoms with Crippen molar-refractivity contribution in [1.29, 1.82) is 0 Å². The number of hydrogen-bond acceptors (Lipinski definition) is 4. The smallest absolute Gasteiger partial charge is 0.132 e. The summed E-state index contributed by atoms with van der Waals surface area (Å²) in [7, 11) is 0. The molecule has 1 unspecified atom stereocenters. The molecule has 0 aromatic carbocycles. The second kappa shape index (κ2) is 5.75. The van der Waals surface area contributed by atoms with E-state index in [0.29, 0.717) is 0 Å². The first-order valence-electron chi connectivity index (χ1n) is 6.77. The van der Waals surface area contributed by atoms with Crippen molar-refractivity contribution in [2.45, 2.75) is 45.8 Å². The van der Waals surface area contributed by atoms with Gasteiger partial charge in [0.25, 0.3) is 0 Å². The minimum absolute atomic E-state index is 0.151. The first kappa shape index (κ1) is 14.7. The highest BCUT2D eigenvalue weighted by molar-refractivity contribution is 9.09. The summed E-state index contributed by atoms with van der Waals surface area (Å²) >= 11 is 3.52. The van der Waals surface area contributed by atoms with Gasteiger partial charge in [-0.3, -0.25) is 0 Å². The zero-order chi connectivity index (χ0) is 14.0. The lowest BCUT2D eigenvalue weighted by atomic mass is 10.1. The van der Waals surface area contributed by atoms with E-state index in [4.69, 9.17) is 4.74 Å². The molecule has 1 fully saturated rings. The van der Waals surface area contributed by atoms with Crippen LogP contribution < -0.4 is 4.90 Å². The number of aryl methyl sites for hydroxylation is 2. The van der Waals surface area contributed by atoms with E-state index in [-0.39, 0.29) is 11.7 Å². The van der Waals surface area contributed by atoms with Crippen molar-refractivity contribution in [2.24, 2.45) is 0 Å². The Bertz CT molecular complexity index is 450. The van der Waals surface area contributed by atoms with Crippen LogP contribution in [0, 0.1) is 6.92 Å². The molecule has 0 bridgehead atoms. The number of anilines is 1. The van der Waals surface area contributed by atoms with E-state index >= 15 is 0 Å². The largest absolute Gasteiger partial charge is 0.368 e. The van der Waals surface area contributed by atoms with Crippen molar-refractivity contribution in [3.05, 3.63) is 17.6 Å². The molecule has 0 amide bonds. The van der Waals surface area contributed by atoms with Gasteiger partial charge in [-0.1, -0.05) is 22.9 Å².